The third-order valence-corrected chi connectivity index (χ3v) is 3.23. The Morgan fingerprint density at radius 1 is 1.25 bits per heavy atom. The molecule has 1 aromatic carbocycles. The summed E-state index contributed by atoms with van der Waals surface area (Å²) >= 11 is 0. The highest BCUT2D eigenvalue weighted by Gasteiger charge is 2.31. The maximum atomic E-state index is 11.9. The Bertz CT molecular complexity index is 626. The maximum Gasteiger partial charge on any atom is 0.437 e. The van der Waals surface area contributed by atoms with Crippen molar-refractivity contribution >= 4 is 0 Å². The highest BCUT2D eigenvalue weighted by Crippen LogP contribution is 2.23. The Morgan fingerprint density at radius 3 is 2.65 bits per heavy atom. The van der Waals surface area contributed by atoms with Gasteiger partial charge >= 0.3 is 5.76 Å². The SMILES string of the molecule is CC1(Cn2nc(-c3ccccc3)oc2=O)COCOC1. The molecular weight excluding hydrogens is 260 g/mol. The van der Waals surface area contributed by atoms with Crippen LogP contribution in [0.5, 0.6) is 0 Å². The predicted molar refractivity (Wildman–Crippen MR) is 71.1 cm³/mol. The van der Waals surface area contributed by atoms with Gasteiger partial charge in [-0.1, -0.05) is 25.1 Å². The first-order valence-electron chi connectivity index (χ1n) is 6.45. The fraction of sp³-hybridized carbons (Fsp3) is 0.429. The van der Waals surface area contributed by atoms with Crippen molar-refractivity contribution in [3.8, 4) is 11.5 Å². The Hall–Kier alpha value is -1.92. The molecule has 1 aliphatic heterocycles. The van der Waals surface area contributed by atoms with Crippen LogP contribution in [0.4, 0.5) is 0 Å². The molecule has 0 saturated carbocycles. The van der Waals surface area contributed by atoms with Gasteiger partial charge in [0.05, 0.1) is 19.8 Å². The van der Waals surface area contributed by atoms with E-state index in [-0.39, 0.29) is 5.41 Å². The van der Waals surface area contributed by atoms with Crippen LogP contribution in [0.3, 0.4) is 0 Å². The first kappa shape index (κ1) is 13.1. The van der Waals surface area contributed by atoms with Gasteiger partial charge in [-0.05, 0) is 12.1 Å². The van der Waals surface area contributed by atoms with Gasteiger partial charge in [-0.15, -0.1) is 5.10 Å². The van der Waals surface area contributed by atoms with Gasteiger partial charge in [0.2, 0.25) is 5.89 Å². The van der Waals surface area contributed by atoms with Gasteiger partial charge in [0.25, 0.3) is 0 Å². The molecule has 0 atom stereocenters. The smallest absolute Gasteiger partial charge is 0.388 e. The highest BCUT2D eigenvalue weighted by molar-refractivity contribution is 5.51. The van der Waals surface area contributed by atoms with Crippen LogP contribution in [-0.4, -0.2) is 29.8 Å². The Kier molecular flexibility index (Phi) is 3.42. The zero-order valence-corrected chi connectivity index (χ0v) is 11.2. The van der Waals surface area contributed by atoms with Crippen molar-refractivity contribution in [1.29, 1.82) is 0 Å². The number of ether oxygens (including phenoxy) is 2. The molecular formula is C14H16N2O4. The van der Waals surface area contributed by atoms with Crippen molar-refractivity contribution in [2.75, 3.05) is 20.0 Å². The third kappa shape index (κ3) is 2.66. The summed E-state index contributed by atoms with van der Waals surface area (Å²) in [5.74, 6) is -0.132. The summed E-state index contributed by atoms with van der Waals surface area (Å²) in [7, 11) is 0. The van der Waals surface area contributed by atoms with Crippen molar-refractivity contribution in [3.63, 3.8) is 0 Å². The molecule has 2 heterocycles. The summed E-state index contributed by atoms with van der Waals surface area (Å²) in [5.41, 5.74) is 0.511. The van der Waals surface area contributed by atoms with E-state index in [1.807, 2.05) is 37.3 Å². The summed E-state index contributed by atoms with van der Waals surface area (Å²) in [6.45, 7) is 3.77. The Morgan fingerprint density at radius 2 is 1.95 bits per heavy atom. The van der Waals surface area contributed by atoms with Crippen LogP contribution in [0.15, 0.2) is 39.5 Å². The van der Waals surface area contributed by atoms with E-state index in [0.29, 0.717) is 32.4 Å². The molecule has 6 heteroatoms. The molecule has 2 aromatic rings. The van der Waals surface area contributed by atoms with E-state index in [1.165, 1.54) is 4.68 Å². The van der Waals surface area contributed by atoms with Crippen LogP contribution in [0.25, 0.3) is 11.5 Å². The lowest BCUT2D eigenvalue weighted by Gasteiger charge is -2.32. The van der Waals surface area contributed by atoms with Crippen molar-refractivity contribution < 1.29 is 13.9 Å². The Balaban J connectivity index is 1.84. The minimum Gasteiger partial charge on any atom is -0.388 e. The second-order valence-corrected chi connectivity index (χ2v) is 5.32. The van der Waals surface area contributed by atoms with Gasteiger partial charge in [0.1, 0.15) is 6.79 Å². The molecule has 0 N–H and O–H groups in total. The molecule has 0 radical (unpaired) electrons. The van der Waals surface area contributed by atoms with Crippen LogP contribution in [0, 0.1) is 5.41 Å². The lowest BCUT2D eigenvalue weighted by molar-refractivity contribution is -0.164. The molecule has 0 aliphatic carbocycles. The van der Waals surface area contributed by atoms with Crippen LogP contribution in [0.1, 0.15) is 6.92 Å². The van der Waals surface area contributed by atoms with Crippen LogP contribution in [-0.2, 0) is 16.0 Å². The Labute approximate surface area is 115 Å². The van der Waals surface area contributed by atoms with E-state index < -0.39 is 5.76 Å². The van der Waals surface area contributed by atoms with Gasteiger partial charge in [0, 0.05) is 11.0 Å². The molecule has 1 aliphatic rings. The van der Waals surface area contributed by atoms with Gasteiger partial charge in [0.15, 0.2) is 0 Å². The molecule has 0 unspecified atom stereocenters. The normalized spacial score (nSPS) is 18.1. The van der Waals surface area contributed by atoms with Crippen molar-refractivity contribution in [1.82, 2.24) is 9.78 Å². The quantitative estimate of drug-likeness (QED) is 0.850. The second-order valence-electron chi connectivity index (χ2n) is 5.32. The average Bonchev–Trinajstić information content (AvgIpc) is 2.81. The topological polar surface area (TPSA) is 66.5 Å². The second kappa shape index (κ2) is 5.22. The van der Waals surface area contributed by atoms with Crippen molar-refractivity contribution in [2.24, 2.45) is 5.41 Å². The molecule has 1 saturated heterocycles. The summed E-state index contributed by atoms with van der Waals surface area (Å²) in [6.07, 6.45) is 0. The monoisotopic (exact) mass is 276 g/mol. The van der Waals surface area contributed by atoms with Crippen LogP contribution < -0.4 is 5.76 Å². The molecule has 20 heavy (non-hydrogen) atoms. The fourth-order valence-electron chi connectivity index (χ4n) is 2.23. The first-order chi connectivity index (χ1) is 9.66. The molecule has 0 spiro atoms. The minimum atomic E-state index is -0.462. The zero-order valence-electron chi connectivity index (χ0n) is 11.2. The van der Waals surface area contributed by atoms with E-state index in [1.54, 1.807) is 0 Å². The summed E-state index contributed by atoms with van der Waals surface area (Å²) < 4.78 is 17.1. The molecule has 0 bridgehead atoms. The fourth-order valence-corrected chi connectivity index (χ4v) is 2.23. The lowest BCUT2D eigenvalue weighted by Crippen LogP contribution is -2.40. The molecule has 1 fully saturated rings. The van der Waals surface area contributed by atoms with Gasteiger partial charge in [-0.25, -0.2) is 4.79 Å². The summed E-state index contributed by atoms with van der Waals surface area (Å²) in [4.78, 5) is 11.9. The van der Waals surface area contributed by atoms with Gasteiger partial charge < -0.3 is 13.9 Å². The first-order valence-corrected chi connectivity index (χ1v) is 6.45. The summed E-state index contributed by atoms with van der Waals surface area (Å²) in [5, 5.41) is 4.25. The van der Waals surface area contributed by atoms with Crippen LogP contribution in [0.2, 0.25) is 0 Å². The minimum absolute atomic E-state index is 0.271. The lowest BCUT2D eigenvalue weighted by atomic mass is 9.92. The standard InChI is InChI=1S/C14H16N2O4/c1-14(8-18-10-19-9-14)7-16-13(17)20-12(15-16)11-5-3-2-4-6-11/h2-6H,7-10H2,1H3. The largest absolute Gasteiger partial charge is 0.437 e. The molecule has 6 nitrogen and oxygen atoms in total. The number of hydrogen-bond acceptors (Lipinski definition) is 5. The maximum absolute atomic E-state index is 11.9. The third-order valence-electron chi connectivity index (χ3n) is 3.23. The number of benzene rings is 1. The van der Waals surface area contributed by atoms with E-state index in [0.717, 1.165) is 5.56 Å². The summed E-state index contributed by atoms with van der Waals surface area (Å²) in [6, 6.07) is 9.35. The van der Waals surface area contributed by atoms with Gasteiger partial charge in [-0.3, -0.25) is 0 Å². The van der Waals surface area contributed by atoms with Crippen LogP contribution >= 0.6 is 0 Å². The van der Waals surface area contributed by atoms with E-state index in [9.17, 15) is 4.79 Å². The van der Waals surface area contributed by atoms with Crippen molar-refractivity contribution in [2.45, 2.75) is 13.5 Å². The number of nitrogens with zero attached hydrogens (tertiary/aromatic N) is 2. The molecule has 0 amide bonds. The van der Waals surface area contributed by atoms with Crippen molar-refractivity contribution in [3.05, 3.63) is 40.9 Å². The molecule has 3 rings (SSSR count). The number of aromatic nitrogens is 2. The highest BCUT2D eigenvalue weighted by atomic mass is 16.7. The zero-order chi connectivity index (χ0) is 14.0. The molecule has 106 valence electrons. The van der Waals surface area contributed by atoms with Gasteiger partial charge in [-0.2, -0.15) is 4.68 Å². The number of hydrogen-bond donors (Lipinski definition) is 0. The van der Waals surface area contributed by atoms with E-state index in [2.05, 4.69) is 5.10 Å². The predicted octanol–water partition coefficient (Wildman–Crippen LogP) is 1.51. The molecule has 1 aromatic heterocycles. The van der Waals surface area contributed by atoms with E-state index in [4.69, 9.17) is 13.9 Å². The number of rotatable bonds is 3. The van der Waals surface area contributed by atoms with E-state index >= 15 is 0 Å². The average molecular weight is 276 g/mol.